The summed E-state index contributed by atoms with van der Waals surface area (Å²) >= 11 is 0. The Hall–Kier alpha value is -2.47. The molecule has 0 aliphatic heterocycles. The summed E-state index contributed by atoms with van der Waals surface area (Å²) in [5.41, 5.74) is 0.218. The van der Waals surface area contributed by atoms with Crippen LogP contribution in [0, 0.1) is 11.6 Å². The molecule has 0 aliphatic carbocycles. The van der Waals surface area contributed by atoms with Gasteiger partial charge in [-0.25, -0.2) is 8.78 Å². The van der Waals surface area contributed by atoms with Gasteiger partial charge in [-0.2, -0.15) is 0 Å². The molecular weight excluding hydrogens is 292 g/mol. The van der Waals surface area contributed by atoms with Gasteiger partial charge in [-0.05, 0) is 24.3 Å². The number of amides is 1. The van der Waals surface area contributed by atoms with Crippen LogP contribution in [0.4, 0.5) is 14.5 Å². The molecule has 2 aromatic carbocycles. The summed E-state index contributed by atoms with van der Waals surface area (Å²) in [5.74, 6) is -1.76. The monoisotopic (exact) mass is 307 g/mol. The summed E-state index contributed by atoms with van der Waals surface area (Å²) in [6, 6.07) is 9.46. The maximum atomic E-state index is 13.5. The van der Waals surface area contributed by atoms with Gasteiger partial charge in [0.15, 0.2) is 0 Å². The van der Waals surface area contributed by atoms with E-state index in [0.717, 1.165) is 12.1 Å². The molecular formula is C16H15F2NO3. The molecule has 0 fully saturated rings. The molecule has 0 spiro atoms. The predicted octanol–water partition coefficient (Wildman–Crippen LogP) is 3.24. The van der Waals surface area contributed by atoms with E-state index in [4.69, 9.17) is 9.47 Å². The molecule has 0 saturated heterocycles. The molecule has 2 aromatic rings. The number of carbonyl (C=O) groups excluding carboxylic acids is 1. The number of carbonyl (C=O) groups is 1. The summed E-state index contributed by atoms with van der Waals surface area (Å²) in [4.78, 5) is 12.0. The molecule has 0 heterocycles. The fourth-order valence-electron chi connectivity index (χ4n) is 1.78. The first-order valence-corrected chi connectivity index (χ1v) is 6.58. The minimum Gasteiger partial charge on any atom is -0.491 e. The highest BCUT2D eigenvalue weighted by Gasteiger charge is 2.12. The van der Waals surface area contributed by atoms with Crippen molar-refractivity contribution in [1.82, 2.24) is 0 Å². The van der Waals surface area contributed by atoms with Crippen molar-refractivity contribution in [3.05, 3.63) is 59.7 Å². The highest BCUT2D eigenvalue weighted by molar-refractivity contribution is 6.04. The molecule has 0 saturated carbocycles. The van der Waals surface area contributed by atoms with Gasteiger partial charge in [-0.15, -0.1) is 0 Å². The van der Waals surface area contributed by atoms with E-state index in [1.165, 1.54) is 0 Å². The molecule has 0 radical (unpaired) electrons. The molecule has 0 unspecified atom stereocenters. The smallest absolute Gasteiger partial charge is 0.258 e. The Bertz CT molecular complexity index is 662. The van der Waals surface area contributed by atoms with Crippen LogP contribution < -0.4 is 10.1 Å². The second-order valence-corrected chi connectivity index (χ2v) is 4.45. The summed E-state index contributed by atoms with van der Waals surface area (Å²) < 4.78 is 36.7. The number of hydrogen-bond acceptors (Lipinski definition) is 3. The minimum absolute atomic E-state index is 0.230. The van der Waals surface area contributed by atoms with Crippen molar-refractivity contribution in [2.24, 2.45) is 0 Å². The van der Waals surface area contributed by atoms with Gasteiger partial charge in [0, 0.05) is 24.9 Å². The third kappa shape index (κ3) is 4.26. The Morgan fingerprint density at radius 2 is 1.95 bits per heavy atom. The van der Waals surface area contributed by atoms with Crippen LogP contribution in [0.25, 0.3) is 0 Å². The van der Waals surface area contributed by atoms with Crippen molar-refractivity contribution in [2.75, 3.05) is 25.6 Å². The topological polar surface area (TPSA) is 47.6 Å². The van der Waals surface area contributed by atoms with E-state index in [9.17, 15) is 13.6 Å². The highest BCUT2D eigenvalue weighted by atomic mass is 19.1. The van der Waals surface area contributed by atoms with E-state index < -0.39 is 17.5 Å². The second-order valence-electron chi connectivity index (χ2n) is 4.45. The van der Waals surface area contributed by atoms with E-state index >= 15 is 0 Å². The van der Waals surface area contributed by atoms with E-state index in [0.29, 0.717) is 30.7 Å². The van der Waals surface area contributed by atoms with E-state index in [-0.39, 0.29) is 5.56 Å². The first-order valence-electron chi connectivity index (χ1n) is 6.58. The quantitative estimate of drug-likeness (QED) is 0.833. The Balaban J connectivity index is 2.06. The van der Waals surface area contributed by atoms with Crippen LogP contribution in [-0.4, -0.2) is 26.2 Å². The maximum absolute atomic E-state index is 13.5. The highest BCUT2D eigenvalue weighted by Crippen LogP contribution is 2.19. The zero-order chi connectivity index (χ0) is 15.9. The number of hydrogen-bond donors (Lipinski definition) is 1. The lowest BCUT2D eigenvalue weighted by Crippen LogP contribution is -2.14. The molecule has 4 nitrogen and oxygen atoms in total. The number of anilines is 1. The van der Waals surface area contributed by atoms with Crippen molar-refractivity contribution in [2.45, 2.75) is 0 Å². The SMILES string of the molecule is COCCOc1cccc(NC(=O)c2ccc(F)cc2F)c1. The van der Waals surface area contributed by atoms with Gasteiger partial charge >= 0.3 is 0 Å². The Morgan fingerprint density at radius 3 is 2.68 bits per heavy atom. The number of rotatable bonds is 6. The molecule has 1 amide bonds. The molecule has 0 atom stereocenters. The van der Waals surface area contributed by atoms with Gasteiger partial charge in [0.25, 0.3) is 5.91 Å². The van der Waals surface area contributed by atoms with Gasteiger partial charge in [0.05, 0.1) is 12.2 Å². The maximum Gasteiger partial charge on any atom is 0.258 e. The first kappa shape index (κ1) is 15.9. The third-order valence-corrected chi connectivity index (χ3v) is 2.82. The van der Waals surface area contributed by atoms with Crippen LogP contribution >= 0.6 is 0 Å². The van der Waals surface area contributed by atoms with Crippen molar-refractivity contribution < 1.29 is 23.0 Å². The van der Waals surface area contributed by atoms with Crippen molar-refractivity contribution in [3.63, 3.8) is 0 Å². The van der Waals surface area contributed by atoms with Crippen LogP contribution in [0.3, 0.4) is 0 Å². The summed E-state index contributed by atoms with van der Waals surface area (Å²) in [6.07, 6.45) is 0. The summed E-state index contributed by atoms with van der Waals surface area (Å²) in [5, 5.41) is 2.54. The predicted molar refractivity (Wildman–Crippen MR) is 78.1 cm³/mol. The van der Waals surface area contributed by atoms with Crippen molar-refractivity contribution >= 4 is 11.6 Å². The fourth-order valence-corrected chi connectivity index (χ4v) is 1.78. The lowest BCUT2D eigenvalue weighted by atomic mass is 10.2. The molecule has 0 aliphatic rings. The van der Waals surface area contributed by atoms with Crippen LogP contribution in [0.1, 0.15) is 10.4 Å². The molecule has 0 aromatic heterocycles. The van der Waals surface area contributed by atoms with E-state index in [2.05, 4.69) is 5.32 Å². The molecule has 6 heteroatoms. The third-order valence-electron chi connectivity index (χ3n) is 2.82. The molecule has 22 heavy (non-hydrogen) atoms. The molecule has 2 rings (SSSR count). The van der Waals surface area contributed by atoms with Crippen LogP contribution in [0.15, 0.2) is 42.5 Å². The van der Waals surface area contributed by atoms with Gasteiger partial charge in [0.2, 0.25) is 0 Å². The number of ether oxygens (including phenoxy) is 2. The van der Waals surface area contributed by atoms with Crippen molar-refractivity contribution in [3.8, 4) is 5.75 Å². The number of nitrogens with one attached hydrogen (secondary N) is 1. The molecule has 1 N–H and O–H groups in total. The number of benzene rings is 2. The lowest BCUT2D eigenvalue weighted by molar-refractivity contribution is 0.102. The zero-order valence-corrected chi connectivity index (χ0v) is 11.9. The van der Waals surface area contributed by atoms with Gasteiger partial charge in [-0.1, -0.05) is 6.07 Å². The Kier molecular flexibility index (Phi) is 5.43. The van der Waals surface area contributed by atoms with E-state index in [1.54, 1.807) is 31.4 Å². The standard InChI is InChI=1S/C16H15F2NO3/c1-21-7-8-22-13-4-2-3-12(10-13)19-16(20)14-6-5-11(17)9-15(14)18/h2-6,9-10H,7-8H2,1H3,(H,19,20). The van der Waals surface area contributed by atoms with Gasteiger partial charge in [0.1, 0.15) is 24.0 Å². The van der Waals surface area contributed by atoms with E-state index in [1.807, 2.05) is 0 Å². The first-order chi connectivity index (χ1) is 10.6. The number of halogens is 2. The minimum atomic E-state index is -0.912. The fraction of sp³-hybridized carbons (Fsp3) is 0.188. The number of methoxy groups -OCH3 is 1. The van der Waals surface area contributed by atoms with Crippen LogP contribution in [0.5, 0.6) is 5.75 Å². The Morgan fingerprint density at radius 1 is 1.14 bits per heavy atom. The largest absolute Gasteiger partial charge is 0.491 e. The zero-order valence-electron chi connectivity index (χ0n) is 11.9. The van der Waals surface area contributed by atoms with Crippen LogP contribution in [-0.2, 0) is 4.74 Å². The average Bonchev–Trinajstić information content (AvgIpc) is 2.47. The summed E-state index contributed by atoms with van der Waals surface area (Å²) in [6.45, 7) is 0.817. The van der Waals surface area contributed by atoms with Gasteiger partial charge < -0.3 is 14.8 Å². The molecule has 0 bridgehead atoms. The molecule has 116 valence electrons. The van der Waals surface area contributed by atoms with Crippen molar-refractivity contribution in [1.29, 1.82) is 0 Å². The summed E-state index contributed by atoms with van der Waals surface area (Å²) in [7, 11) is 1.57. The average molecular weight is 307 g/mol. The normalized spacial score (nSPS) is 10.3. The Labute approximate surface area is 126 Å². The van der Waals surface area contributed by atoms with Gasteiger partial charge in [-0.3, -0.25) is 4.79 Å². The van der Waals surface area contributed by atoms with Crippen LogP contribution in [0.2, 0.25) is 0 Å². The second kappa shape index (κ2) is 7.51. The lowest BCUT2D eigenvalue weighted by Gasteiger charge is -2.09.